The highest BCUT2D eigenvalue weighted by Gasteiger charge is 2.28. The van der Waals surface area contributed by atoms with Crippen LogP contribution in [0.3, 0.4) is 0 Å². The van der Waals surface area contributed by atoms with Crippen LogP contribution in [0, 0.1) is 11.6 Å². The van der Waals surface area contributed by atoms with Crippen LogP contribution in [-0.4, -0.2) is 37.5 Å². The zero-order valence-electron chi connectivity index (χ0n) is 10.0. The van der Waals surface area contributed by atoms with Gasteiger partial charge in [-0.15, -0.1) is 6.58 Å². The first-order valence-electron chi connectivity index (χ1n) is 5.31. The fraction of sp³-hybridized carbons (Fsp3) is 0.273. The molecule has 3 N–H and O–H groups in total. The molecule has 0 saturated carbocycles. The molecule has 0 spiro atoms. The molecule has 0 amide bonds. The third-order valence-corrected chi connectivity index (χ3v) is 4.27. The van der Waals surface area contributed by atoms with Gasteiger partial charge >= 0.3 is 0 Å². The molecule has 0 aliphatic heterocycles. The Morgan fingerprint density at radius 3 is 2.58 bits per heavy atom. The third kappa shape index (κ3) is 3.09. The van der Waals surface area contributed by atoms with Gasteiger partial charge in [-0.25, -0.2) is 17.2 Å². The number of benzene rings is 1. The number of aliphatic hydroxyl groups is 1. The van der Waals surface area contributed by atoms with Crippen LogP contribution in [0.4, 0.5) is 14.5 Å². The second kappa shape index (κ2) is 6.09. The van der Waals surface area contributed by atoms with Crippen LogP contribution in [0.15, 0.2) is 29.7 Å². The zero-order chi connectivity index (χ0) is 14.6. The Bertz CT molecular complexity index is 576. The number of hydrogen-bond acceptors (Lipinski definition) is 4. The summed E-state index contributed by atoms with van der Waals surface area (Å²) >= 11 is 0. The number of rotatable bonds is 6. The van der Waals surface area contributed by atoms with Gasteiger partial charge in [0.25, 0.3) is 0 Å². The lowest BCUT2D eigenvalue weighted by atomic mass is 10.3. The molecule has 0 bridgehead atoms. The van der Waals surface area contributed by atoms with Crippen molar-refractivity contribution in [2.24, 2.45) is 0 Å². The first-order chi connectivity index (χ1) is 8.86. The summed E-state index contributed by atoms with van der Waals surface area (Å²) in [6.07, 6.45) is 1.29. The van der Waals surface area contributed by atoms with Crippen molar-refractivity contribution >= 4 is 15.7 Å². The number of aliphatic hydroxyl groups excluding tert-OH is 1. The van der Waals surface area contributed by atoms with Crippen molar-refractivity contribution in [3.05, 3.63) is 36.4 Å². The summed E-state index contributed by atoms with van der Waals surface area (Å²) in [6, 6.07) is 1.57. The van der Waals surface area contributed by atoms with Gasteiger partial charge in [-0.3, -0.25) is 0 Å². The van der Waals surface area contributed by atoms with Crippen molar-refractivity contribution in [1.29, 1.82) is 0 Å². The lowest BCUT2D eigenvalue weighted by molar-refractivity contribution is 0.260. The predicted molar refractivity (Wildman–Crippen MR) is 66.8 cm³/mol. The minimum Gasteiger partial charge on any atom is -0.395 e. The normalized spacial score (nSPS) is 11.8. The first-order valence-corrected chi connectivity index (χ1v) is 6.75. The fourth-order valence-electron chi connectivity index (χ4n) is 1.45. The Kier molecular flexibility index (Phi) is 4.98. The zero-order valence-corrected chi connectivity index (χ0v) is 10.8. The lowest BCUT2D eigenvalue weighted by Crippen LogP contribution is -2.34. The van der Waals surface area contributed by atoms with E-state index >= 15 is 0 Å². The molecule has 1 aromatic rings. The molecule has 0 heterocycles. The summed E-state index contributed by atoms with van der Waals surface area (Å²) in [7, 11) is -4.21. The maximum absolute atomic E-state index is 13.7. The molecule has 1 rings (SSSR count). The second-order valence-corrected chi connectivity index (χ2v) is 5.55. The van der Waals surface area contributed by atoms with E-state index in [1.807, 2.05) is 0 Å². The molecule has 0 aromatic heterocycles. The quantitative estimate of drug-likeness (QED) is 0.597. The van der Waals surface area contributed by atoms with Gasteiger partial charge in [0, 0.05) is 13.1 Å². The molecule has 0 saturated heterocycles. The van der Waals surface area contributed by atoms with E-state index in [-0.39, 0.29) is 13.1 Å². The van der Waals surface area contributed by atoms with Crippen molar-refractivity contribution in [3.8, 4) is 0 Å². The van der Waals surface area contributed by atoms with Gasteiger partial charge in [0.2, 0.25) is 10.0 Å². The van der Waals surface area contributed by atoms with Gasteiger partial charge in [0.1, 0.15) is 16.4 Å². The standard InChI is InChI=1S/C11H14F2N2O3S/c1-2-5-15(6-7-16)19(17,18)9-4-3-8(12)11(14)10(9)13/h2-4,16H,1,5-7,14H2. The fourth-order valence-corrected chi connectivity index (χ4v) is 2.93. The van der Waals surface area contributed by atoms with Gasteiger partial charge in [-0.05, 0) is 12.1 Å². The summed E-state index contributed by atoms with van der Waals surface area (Å²) in [6.45, 7) is 2.60. The molecule has 106 valence electrons. The molecule has 0 atom stereocenters. The maximum Gasteiger partial charge on any atom is 0.246 e. The molecule has 0 unspecified atom stereocenters. The number of anilines is 1. The van der Waals surface area contributed by atoms with E-state index in [0.717, 1.165) is 16.4 Å². The van der Waals surface area contributed by atoms with Crippen LogP contribution in [0.2, 0.25) is 0 Å². The number of nitrogens with zero attached hydrogens (tertiary/aromatic N) is 1. The molecule has 0 aliphatic rings. The summed E-state index contributed by atoms with van der Waals surface area (Å²) in [5.41, 5.74) is 4.27. The van der Waals surface area contributed by atoms with E-state index < -0.39 is 38.8 Å². The number of nitrogen functional groups attached to an aromatic ring is 1. The number of nitrogens with two attached hydrogens (primary N) is 1. The van der Waals surface area contributed by atoms with E-state index in [0.29, 0.717) is 0 Å². The second-order valence-electron chi connectivity index (χ2n) is 3.65. The van der Waals surface area contributed by atoms with Crippen LogP contribution in [-0.2, 0) is 10.0 Å². The van der Waals surface area contributed by atoms with Gasteiger partial charge in [-0.1, -0.05) is 6.08 Å². The Hall–Kier alpha value is -1.51. The van der Waals surface area contributed by atoms with Crippen LogP contribution in [0.1, 0.15) is 0 Å². The Labute approximate surface area is 110 Å². The predicted octanol–water partition coefficient (Wildman–Crippen LogP) is 0.716. The topological polar surface area (TPSA) is 83.6 Å². The molecule has 0 aliphatic carbocycles. The lowest BCUT2D eigenvalue weighted by Gasteiger charge is -2.20. The van der Waals surface area contributed by atoms with Crippen LogP contribution >= 0.6 is 0 Å². The maximum atomic E-state index is 13.7. The van der Waals surface area contributed by atoms with Crippen molar-refractivity contribution in [1.82, 2.24) is 4.31 Å². The van der Waals surface area contributed by atoms with E-state index in [4.69, 9.17) is 10.8 Å². The summed E-state index contributed by atoms with van der Waals surface area (Å²) in [5, 5.41) is 8.82. The molecule has 19 heavy (non-hydrogen) atoms. The van der Waals surface area contributed by atoms with Gasteiger partial charge in [0.15, 0.2) is 5.82 Å². The van der Waals surface area contributed by atoms with Gasteiger partial charge < -0.3 is 10.8 Å². The Morgan fingerprint density at radius 2 is 2.05 bits per heavy atom. The van der Waals surface area contributed by atoms with E-state index in [1.54, 1.807) is 0 Å². The highest BCUT2D eigenvalue weighted by atomic mass is 32.2. The molecular weight excluding hydrogens is 278 g/mol. The molecule has 0 fully saturated rings. The SMILES string of the molecule is C=CCN(CCO)S(=O)(=O)c1ccc(F)c(N)c1F. The molecular formula is C11H14F2N2O3S. The number of halogens is 2. The Morgan fingerprint density at radius 1 is 1.42 bits per heavy atom. The summed E-state index contributed by atoms with van der Waals surface area (Å²) < 4.78 is 51.9. The van der Waals surface area contributed by atoms with Crippen molar-refractivity contribution in [2.75, 3.05) is 25.4 Å². The van der Waals surface area contributed by atoms with E-state index in [2.05, 4.69) is 6.58 Å². The summed E-state index contributed by atoms with van der Waals surface area (Å²) in [5.74, 6) is -2.37. The largest absolute Gasteiger partial charge is 0.395 e. The van der Waals surface area contributed by atoms with E-state index in [1.165, 1.54) is 6.08 Å². The highest BCUT2D eigenvalue weighted by Crippen LogP contribution is 2.25. The minimum absolute atomic E-state index is 0.111. The molecule has 8 heteroatoms. The minimum atomic E-state index is -4.21. The van der Waals surface area contributed by atoms with Crippen LogP contribution < -0.4 is 5.73 Å². The highest BCUT2D eigenvalue weighted by molar-refractivity contribution is 7.89. The smallest absolute Gasteiger partial charge is 0.246 e. The van der Waals surface area contributed by atoms with Crippen molar-refractivity contribution in [2.45, 2.75) is 4.90 Å². The van der Waals surface area contributed by atoms with Gasteiger partial charge in [-0.2, -0.15) is 4.31 Å². The van der Waals surface area contributed by atoms with Crippen LogP contribution in [0.5, 0.6) is 0 Å². The third-order valence-electron chi connectivity index (χ3n) is 2.39. The van der Waals surface area contributed by atoms with E-state index in [9.17, 15) is 17.2 Å². The monoisotopic (exact) mass is 292 g/mol. The Balaban J connectivity index is 3.33. The van der Waals surface area contributed by atoms with Crippen molar-refractivity contribution in [3.63, 3.8) is 0 Å². The van der Waals surface area contributed by atoms with Crippen molar-refractivity contribution < 1.29 is 22.3 Å². The van der Waals surface area contributed by atoms with Crippen LogP contribution in [0.25, 0.3) is 0 Å². The number of sulfonamides is 1. The average molecular weight is 292 g/mol. The van der Waals surface area contributed by atoms with Gasteiger partial charge in [0.05, 0.1) is 6.61 Å². The average Bonchev–Trinajstić information content (AvgIpc) is 2.35. The molecule has 5 nitrogen and oxygen atoms in total. The summed E-state index contributed by atoms with van der Waals surface area (Å²) in [4.78, 5) is -0.735. The molecule has 1 aromatic carbocycles. The molecule has 0 radical (unpaired) electrons. The number of hydrogen-bond donors (Lipinski definition) is 2. The first kappa shape index (κ1) is 15.5.